The predicted molar refractivity (Wildman–Crippen MR) is 184 cm³/mol. The van der Waals surface area contributed by atoms with E-state index in [2.05, 4.69) is 0 Å². The van der Waals surface area contributed by atoms with Crippen molar-refractivity contribution in [3.05, 3.63) is 144 Å². The molecule has 202 valence electrons. The Kier molecular flexibility index (Phi) is 2.32. The first-order valence-electron chi connectivity index (χ1n) is 24.2. The van der Waals surface area contributed by atoms with Crippen LogP contribution < -0.4 is 0 Å². The van der Waals surface area contributed by atoms with E-state index in [1.165, 1.54) is 13.8 Å². The monoisotopic (exact) mass is 570 g/mol. The van der Waals surface area contributed by atoms with Crippen LogP contribution in [0.2, 0.25) is 0 Å². The molecule has 0 spiro atoms. The molecule has 0 aliphatic rings. The highest BCUT2D eigenvalue weighted by atomic mass is 16.3. The van der Waals surface area contributed by atoms with Crippen LogP contribution in [0.5, 0.6) is 0 Å². The van der Waals surface area contributed by atoms with Crippen molar-refractivity contribution < 1.29 is 34.6 Å². The lowest BCUT2D eigenvalue weighted by molar-refractivity contribution is 0.669. The van der Waals surface area contributed by atoms with Crippen molar-refractivity contribution in [1.29, 1.82) is 0 Å². The van der Waals surface area contributed by atoms with E-state index in [4.69, 9.17) is 22.2 Å². The highest BCUT2D eigenvalue weighted by Crippen LogP contribution is 2.46. The molecule has 0 bridgehead atoms. The van der Waals surface area contributed by atoms with Gasteiger partial charge in [-0.2, -0.15) is 0 Å². The Morgan fingerprint density at radius 1 is 0.442 bits per heavy atom. The topological polar surface area (TPSA) is 13.1 Å². The van der Waals surface area contributed by atoms with Crippen LogP contribution in [0, 0.1) is 13.8 Å². The number of fused-ring (bicyclic) bond motifs is 7. The van der Waals surface area contributed by atoms with E-state index in [9.17, 15) is 12.3 Å². The van der Waals surface area contributed by atoms with E-state index in [1.807, 2.05) is 0 Å². The zero-order chi connectivity index (χ0) is 47.8. The summed E-state index contributed by atoms with van der Waals surface area (Å²) in [5.41, 5.74) is -3.30. The van der Waals surface area contributed by atoms with Crippen LogP contribution in [0.4, 0.5) is 0 Å². The Balaban J connectivity index is 1.64. The minimum atomic E-state index is -0.895. The van der Waals surface area contributed by atoms with Gasteiger partial charge in [0.25, 0.3) is 0 Å². The molecular formula is C42H28O. The van der Waals surface area contributed by atoms with Crippen molar-refractivity contribution >= 4 is 65.0 Å². The third-order valence-corrected chi connectivity index (χ3v) is 7.45. The maximum Gasteiger partial charge on any atom is 0.136 e. The maximum atomic E-state index is 9.81. The first-order valence-corrected chi connectivity index (χ1v) is 13.2. The summed E-state index contributed by atoms with van der Waals surface area (Å²) in [5.74, 6) is 0. The summed E-state index contributed by atoms with van der Waals surface area (Å²) in [6.45, 7) is 2.74. The molecule has 1 nitrogen and oxygen atoms in total. The molecule has 0 fully saturated rings. The largest absolute Gasteiger partial charge is 0.456 e. The van der Waals surface area contributed by atoms with Crippen LogP contribution in [0.25, 0.3) is 87.3 Å². The fourth-order valence-corrected chi connectivity index (χ4v) is 5.55. The summed E-state index contributed by atoms with van der Waals surface area (Å²) in [5, 5.41) is -4.25. The second-order valence-corrected chi connectivity index (χ2v) is 10.0. The van der Waals surface area contributed by atoms with Gasteiger partial charge in [0.15, 0.2) is 0 Å². The van der Waals surface area contributed by atoms with Crippen molar-refractivity contribution in [1.82, 2.24) is 0 Å². The molecule has 8 aromatic carbocycles. The highest BCUT2D eigenvalue weighted by Gasteiger charge is 2.19. The summed E-state index contributed by atoms with van der Waals surface area (Å²) in [4.78, 5) is 0. The highest BCUT2D eigenvalue weighted by molar-refractivity contribution is 6.24. The average Bonchev–Trinajstić information content (AvgIpc) is 3.69. The van der Waals surface area contributed by atoms with E-state index < -0.39 is 187 Å². The molecule has 1 aromatic heterocycles. The van der Waals surface area contributed by atoms with E-state index in [0.717, 1.165) is 0 Å². The molecule has 43 heavy (non-hydrogen) atoms. The van der Waals surface area contributed by atoms with Gasteiger partial charge in [-0.3, -0.25) is 0 Å². The van der Waals surface area contributed by atoms with Gasteiger partial charge in [0, 0.05) is 10.8 Å². The summed E-state index contributed by atoms with van der Waals surface area (Å²) in [7, 11) is 0. The minimum Gasteiger partial charge on any atom is -0.456 e. The Hall–Kier alpha value is -5.40. The Morgan fingerprint density at radius 3 is 1.79 bits per heavy atom. The van der Waals surface area contributed by atoms with Crippen LogP contribution in [-0.2, 0) is 0 Å². The fraction of sp³-hybridized carbons (Fsp3) is 0.0476. The SMILES string of the molecule is [2H]c1c(-c2c3c([2H])c([2H])c([2H])c([2H])c3c(-c3c([2H])c([2H])c(C)c4c([2H])c([2H])c([2H])c([2H])c34)c3c([2H])c([2H])c([2H])c([2H])c23)c([2H])c2c(oc3c([2H])c4c([2H])c([2H])c(C)c([2H])c4c([2H])c32)c1[2H]. The molecule has 0 amide bonds. The summed E-state index contributed by atoms with van der Waals surface area (Å²) < 4.78 is 205. The molecule has 9 aromatic rings. The molecule has 0 N–H and O–H groups in total. The van der Waals surface area contributed by atoms with Gasteiger partial charge in [0.05, 0.1) is 30.2 Å². The van der Waals surface area contributed by atoms with Gasteiger partial charge < -0.3 is 4.42 Å². The molecule has 0 radical (unpaired) electrons. The van der Waals surface area contributed by atoms with Crippen molar-refractivity contribution in [3.8, 4) is 22.3 Å². The number of aryl methyl sites for hydroxylation is 1. The molecule has 0 unspecified atom stereocenters. The van der Waals surface area contributed by atoms with E-state index in [-0.39, 0.29) is 44.8 Å². The summed E-state index contributed by atoms with van der Waals surface area (Å²) in [6.07, 6.45) is 0. The molecular weight excluding hydrogens is 520 g/mol. The van der Waals surface area contributed by atoms with Crippen LogP contribution in [0.15, 0.2) is 137 Å². The van der Waals surface area contributed by atoms with Gasteiger partial charge in [-0.15, -0.1) is 0 Å². The van der Waals surface area contributed by atoms with Gasteiger partial charge >= 0.3 is 0 Å². The van der Waals surface area contributed by atoms with Crippen LogP contribution >= 0.6 is 0 Å². The third kappa shape index (κ3) is 3.58. The average molecular weight is 571 g/mol. The first kappa shape index (κ1) is 11.0. The van der Waals surface area contributed by atoms with Crippen molar-refractivity contribution in [3.63, 3.8) is 0 Å². The fourth-order valence-electron chi connectivity index (χ4n) is 5.55. The molecule has 0 saturated carbocycles. The van der Waals surface area contributed by atoms with Gasteiger partial charge in [-0.05, 0) is 109 Å². The first-order chi connectivity index (χ1) is 30.3. The molecule has 0 aliphatic heterocycles. The van der Waals surface area contributed by atoms with Crippen molar-refractivity contribution in [2.45, 2.75) is 13.8 Å². The lowest BCUT2D eigenvalue weighted by atomic mass is 9.84. The van der Waals surface area contributed by atoms with Gasteiger partial charge in [-0.1, -0.05) is 114 Å². The molecule has 1 heteroatoms. The van der Waals surface area contributed by atoms with Gasteiger partial charge in [0.1, 0.15) is 11.2 Å². The zero-order valence-corrected chi connectivity index (χ0v) is 22.4. The zero-order valence-electron chi connectivity index (χ0n) is 44.4. The van der Waals surface area contributed by atoms with Crippen LogP contribution in [0.1, 0.15) is 41.3 Å². The van der Waals surface area contributed by atoms with Gasteiger partial charge in [-0.25, -0.2) is 0 Å². The van der Waals surface area contributed by atoms with Crippen molar-refractivity contribution in [2.24, 2.45) is 0 Å². The normalized spacial score (nSPS) is 19.1. The van der Waals surface area contributed by atoms with Gasteiger partial charge in [0.2, 0.25) is 0 Å². The number of furan rings is 1. The number of rotatable bonds is 2. The number of hydrogen-bond acceptors (Lipinski definition) is 1. The lowest BCUT2D eigenvalue weighted by Gasteiger charge is -2.19. The molecule has 0 saturated heterocycles. The second kappa shape index (κ2) is 9.05. The molecule has 0 aliphatic carbocycles. The molecule has 1 heterocycles. The van der Waals surface area contributed by atoms with Crippen molar-refractivity contribution in [2.75, 3.05) is 0 Å². The number of benzene rings is 8. The Morgan fingerprint density at radius 2 is 1.07 bits per heavy atom. The smallest absolute Gasteiger partial charge is 0.136 e. The van der Waals surface area contributed by atoms with E-state index in [0.29, 0.717) is 0 Å². The Labute approximate surface area is 280 Å². The Bertz CT molecular complexity index is 3730. The minimum absolute atomic E-state index is 0.00978. The van der Waals surface area contributed by atoms with E-state index in [1.54, 1.807) is 0 Å². The maximum absolute atomic E-state index is 9.81. The standard InChI is InChI=1S/C42H28O/c1-25-15-17-27-24-40-38(23-29(27)21-25)37-22-28(18-20-39(37)43-40)41-32-11-5-7-13-34(32)42(35-14-8-6-12-33(35)41)36-19-16-26(2)30-9-3-4-10-31(30)36/h3-24H,1-2H3/i3D,4D,5D,6D,7D,8D,9D,10D,11D,12D,13D,14D,15D,16D,17D,18D,19D,20D,21D,22D,23D,24D. The molecule has 9 rings (SSSR count). The second-order valence-electron chi connectivity index (χ2n) is 10.0. The lowest BCUT2D eigenvalue weighted by Crippen LogP contribution is -1.92. The summed E-state index contributed by atoms with van der Waals surface area (Å²) >= 11 is 0. The predicted octanol–water partition coefficient (Wildman–Crippen LogP) is 12.1. The number of hydrogen-bond donors (Lipinski definition) is 0. The molecule has 0 atom stereocenters. The quantitative estimate of drug-likeness (QED) is 0.188. The summed E-state index contributed by atoms with van der Waals surface area (Å²) in [6, 6.07) is -16.0. The third-order valence-electron chi connectivity index (χ3n) is 7.45. The van der Waals surface area contributed by atoms with Crippen LogP contribution in [0.3, 0.4) is 0 Å². The van der Waals surface area contributed by atoms with E-state index >= 15 is 0 Å². The van der Waals surface area contributed by atoms with Crippen LogP contribution in [-0.4, -0.2) is 0 Å².